The van der Waals surface area contributed by atoms with Crippen LogP contribution in [0.15, 0.2) is 24.3 Å². The van der Waals surface area contributed by atoms with Gasteiger partial charge >= 0.3 is 0 Å². The van der Waals surface area contributed by atoms with Gasteiger partial charge in [0.25, 0.3) is 0 Å². The average Bonchev–Trinajstić information content (AvgIpc) is 2.48. The van der Waals surface area contributed by atoms with Gasteiger partial charge in [0.15, 0.2) is 0 Å². The number of ether oxygens (including phenoxy) is 1. The third-order valence-electron chi connectivity index (χ3n) is 4.16. The summed E-state index contributed by atoms with van der Waals surface area (Å²) in [6, 6.07) is 8.05. The van der Waals surface area contributed by atoms with Crippen molar-refractivity contribution < 1.29 is 9.53 Å². The maximum Gasteiger partial charge on any atom is 0.235 e. The van der Waals surface area contributed by atoms with E-state index in [-0.39, 0.29) is 11.3 Å². The number of hydrogen-bond donors (Lipinski definition) is 1. The van der Waals surface area contributed by atoms with Crippen LogP contribution in [0.1, 0.15) is 18.4 Å². The van der Waals surface area contributed by atoms with Crippen molar-refractivity contribution in [2.75, 3.05) is 38.8 Å². The molecule has 0 radical (unpaired) electrons. The number of benzene rings is 1. The van der Waals surface area contributed by atoms with Crippen LogP contribution in [0, 0.1) is 12.3 Å². The average molecular weight is 276 g/mol. The summed E-state index contributed by atoms with van der Waals surface area (Å²) in [6.07, 6.45) is 1.66. The predicted molar refractivity (Wildman–Crippen MR) is 81.0 cm³/mol. The van der Waals surface area contributed by atoms with E-state index in [4.69, 9.17) is 4.74 Å². The van der Waals surface area contributed by atoms with E-state index in [0.29, 0.717) is 6.61 Å². The highest BCUT2D eigenvalue weighted by Crippen LogP contribution is 2.32. The normalized spacial score (nSPS) is 17.8. The first-order valence-electron chi connectivity index (χ1n) is 7.13. The van der Waals surface area contributed by atoms with Gasteiger partial charge in [-0.05, 0) is 45.0 Å². The lowest BCUT2D eigenvalue weighted by Crippen LogP contribution is -2.50. The number of methoxy groups -OCH3 is 1. The minimum absolute atomic E-state index is 0.157. The number of hydrogen-bond acceptors (Lipinski definition) is 3. The van der Waals surface area contributed by atoms with E-state index >= 15 is 0 Å². The summed E-state index contributed by atoms with van der Waals surface area (Å²) in [5.74, 6) is 0.157. The van der Waals surface area contributed by atoms with Gasteiger partial charge in [0.1, 0.15) is 0 Å². The van der Waals surface area contributed by atoms with E-state index < -0.39 is 0 Å². The van der Waals surface area contributed by atoms with E-state index in [1.165, 1.54) is 5.56 Å². The first kappa shape index (κ1) is 15.0. The Morgan fingerprint density at radius 2 is 1.90 bits per heavy atom. The Balaban J connectivity index is 2.20. The van der Waals surface area contributed by atoms with Gasteiger partial charge in [-0.15, -0.1) is 0 Å². The van der Waals surface area contributed by atoms with Crippen molar-refractivity contribution in [3.8, 4) is 0 Å². The van der Waals surface area contributed by atoms with Crippen LogP contribution in [0.4, 0.5) is 5.69 Å². The van der Waals surface area contributed by atoms with Crippen LogP contribution < -0.4 is 10.2 Å². The lowest BCUT2D eigenvalue weighted by Gasteiger charge is -2.38. The molecule has 0 unspecified atom stereocenters. The Morgan fingerprint density at radius 3 is 2.45 bits per heavy atom. The summed E-state index contributed by atoms with van der Waals surface area (Å²) in [5.41, 5.74) is 1.75. The largest absolute Gasteiger partial charge is 0.384 e. The van der Waals surface area contributed by atoms with Crippen molar-refractivity contribution >= 4 is 11.6 Å². The Hall–Kier alpha value is -1.39. The van der Waals surface area contributed by atoms with E-state index in [1.54, 1.807) is 12.0 Å². The number of amides is 1. The minimum atomic E-state index is -0.389. The molecule has 1 N–H and O–H groups in total. The molecule has 1 heterocycles. The standard InChI is InChI=1S/C16H24N2O2/c1-13-4-6-14(7-5-13)18(2)15(19)16(12-20-3)8-10-17-11-9-16/h4-7,17H,8-12H2,1-3H3. The zero-order chi connectivity index (χ0) is 14.6. The Bertz CT molecular complexity index is 445. The molecule has 0 aromatic heterocycles. The lowest BCUT2D eigenvalue weighted by molar-refractivity contribution is -0.133. The maximum absolute atomic E-state index is 12.9. The maximum atomic E-state index is 12.9. The summed E-state index contributed by atoms with van der Waals surface area (Å²) in [6.45, 7) is 4.28. The highest BCUT2D eigenvalue weighted by molar-refractivity contribution is 5.97. The Kier molecular flexibility index (Phi) is 4.78. The molecule has 4 heteroatoms. The Labute approximate surface area is 121 Å². The monoisotopic (exact) mass is 276 g/mol. The van der Waals surface area contributed by atoms with E-state index in [9.17, 15) is 4.79 Å². The zero-order valence-electron chi connectivity index (χ0n) is 12.6. The number of carbonyl (C=O) groups is 1. The van der Waals surface area contributed by atoms with Gasteiger partial charge in [-0.1, -0.05) is 17.7 Å². The molecule has 0 saturated carbocycles. The molecule has 0 atom stereocenters. The fourth-order valence-corrected chi connectivity index (χ4v) is 2.84. The number of anilines is 1. The van der Waals surface area contributed by atoms with Crippen molar-refractivity contribution in [3.63, 3.8) is 0 Å². The number of rotatable bonds is 4. The molecule has 1 amide bonds. The van der Waals surface area contributed by atoms with Crippen LogP contribution in [0.2, 0.25) is 0 Å². The van der Waals surface area contributed by atoms with Gasteiger partial charge in [0.2, 0.25) is 5.91 Å². The second kappa shape index (κ2) is 6.37. The van der Waals surface area contributed by atoms with E-state index in [0.717, 1.165) is 31.6 Å². The van der Waals surface area contributed by atoms with Crippen LogP contribution in [0.5, 0.6) is 0 Å². The van der Waals surface area contributed by atoms with E-state index in [1.807, 2.05) is 38.2 Å². The molecule has 2 rings (SSSR count). The molecule has 0 aliphatic carbocycles. The summed E-state index contributed by atoms with van der Waals surface area (Å²) in [7, 11) is 3.52. The molecular weight excluding hydrogens is 252 g/mol. The number of carbonyl (C=O) groups excluding carboxylic acids is 1. The Morgan fingerprint density at radius 1 is 1.30 bits per heavy atom. The van der Waals surface area contributed by atoms with Crippen molar-refractivity contribution in [3.05, 3.63) is 29.8 Å². The smallest absolute Gasteiger partial charge is 0.235 e. The van der Waals surface area contributed by atoms with Crippen LogP contribution >= 0.6 is 0 Å². The fraction of sp³-hybridized carbons (Fsp3) is 0.562. The van der Waals surface area contributed by atoms with Crippen LogP contribution in [-0.4, -0.2) is 39.8 Å². The zero-order valence-corrected chi connectivity index (χ0v) is 12.6. The third-order valence-corrected chi connectivity index (χ3v) is 4.16. The fourth-order valence-electron chi connectivity index (χ4n) is 2.84. The van der Waals surface area contributed by atoms with Gasteiger partial charge < -0.3 is 15.0 Å². The summed E-state index contributed by atoms with van der Waals surface area (Å²) >= 11 is 0. The van der Waals surface area contributed by atoms with Crippen LogP contribution in [-0.2, 0) is 9.53 Å². The van der Waals surface area contributed by atoms with Gasteiger partial charge in [0, 0.05) is 19.8 Å². The second-order valence-electron chi connectivity index (χ2n) is 5.66. The second-order valence-corrected chi connectivity index (χ2v) is 5.66. The van der Waals surface area contributed by atoms with Crippen molar-refractivity contribution in [2.45, 2.75) is 19.8 Å². The van der Waals surface area contributed by atoms with Crippen molar-refractivity contribution in [1.82, 2.24) is 5.32 Å². The highest BCUT2D eigenvalue weighted by Gasteiger charge is 2.41. The molecule has 0 bridgehead atoms. The molecule has 0 spiro atoms. The quantitative estimate of drug-likeness (QED) is 0.914. The van der Waals surface area contributed by atoms with Gasteiger partial charge in [-0.25, -0.2) is 0 Å². The van der Waals surface area contributed by atoms with Crippen molar-refractivity contribution in [1.29, 1.82) is 0 Å². The highest BCUT2D eigenvalue weighted by atomic mass is 16.5. The van der Waals surface area contributed by atoms with Crippen LogP contribution in [0.25, 0.3) is 0 Å². The molecule has 1 aliphatic heterocycles. The number of piperidine rings is 1. The summed E-state index contributed by atoms with van der Waals surface area (Å²) in [5, 5.41) is 3.31. The van der Waals surface area contributed by atoms with Crippen molar-refractivity contribution in [2.24, 2.45) is 5.41 Å². The molecular formula is C16H24N2O2. The van der Waals surface area contributed by atoms with Gasteiger partial charge in [0.05, 0.1) is 12.0 Å². The number of nitrogens with one attached hydrogen (secondary N) is 1. The molecule has 110 valence electrons. The topological polar surface area (TPSA) is 41.6 Å². The number of aryl methyl sites for hydroxylation is 1. The molecule has 1 fully saturated rings. The third kappa shape index (κ3) is 3.02. The first-order chi connectivity index (χ1) is 9.59. The predicted octanol–water partition coefficient (Wildman–Crippen LogP) is 1.97. The minimum Gasteiger partial charge on any atom is -0.384 e. The molecule has 1 aromatic rings. The molecule has 20 heavy (non-hydrogen) atoms. The van der Waals surface area contributed by atoms with Gasteiger partial charge in [-0.3, -0.25) is 4.79 Å². The molecule has 4 nitrogen and oxygen atoms in total. The SMILES string of the molecule is COCC1(C(=O)N(C)c2ccc(C)cc2)CCNCC1. The van der Waals surface area contributed by atoms with E-state index in [2.05, 4.69) is 5.32 Å². The van der Waals surface area contributed by atoms with Gasteiger partial charge in [-0.2, -0.15) is 0 Å². The summed E-state index contributed by atoms with van der Waals surface area (Å²) in [4.78, 5) is 14.7. The van der Waals surface area contributed by atoms with Crippen LogP contribution in [0.3, 0.4) is 0 Å². The molecule has 1 aromatic carbocycles. The first-order valence-corrected chi connectivity index (χ1v) is 7.13. The summed E-state index contributed by atoms with van der Waals surface area (Å²) < 4.78 is 5.34. The molecule has 1 saturated heterocycles. The molecule has 1 aliphatic rings. The lowest BCUT2D eigenvalue weighted by atomic mass is 9.78. The number of nitrogens with zero attached hydrogens (tertiary/aromatic N) is 1.